The fourth-order valence-electron chi connectivity index (χ4n) is 2.80. The Morgan fingerprint density at radius 2 is 1.93 bits per heavy atom. The van der Waals surface area contributed by atoms with Gasteiger partial charge in [-0.2, -0.15) is 0 Å². The third-order valence-corrected chi connectivity index (χ3v) is 6.39. The Balaban J connectivity index is 1.58. The van der Waals surface area contributed by atoms with E-state index < -0.39 is 6.10 Å². The number of thioether (sulfide) groups is 1. The number of hydrogen-bond donors (Lipinski definition) is 2. The van der Waals surface area contributed by atoms with Crippen LogP contribution in [0.1, 0.15) is 22.8 Å². The molecule has 0 aliphatic rings. The molecule has 0 unspecified atom stereocenters. The van der Waals surface area contributed by atoms with Crippen LogP contribution in [0.5, 0.6) is 0 Å². The molecule has 29 heavy (non-hydrogen) atoms. The number of aliphatic hydroxyl groups excluding tert-OH is 1. The van der Waals surface area contributed by atoms with Crippen LogP contribution in [-0.4, -0.2) is 40.3 Å². The van der Waals surface area contributed by atoms with E-state index in [1.165, 1.54) is 28.7 Å². The zero-order chi connectivity index (χ0) is 20.5. The molecule has 0 aliphatic carbocycles. The summed E-state index contributed by atoms with van der Waals surface area (Å²) in [6, 6.07) is 18.3. The van der Waals surface area contributed by atoms with Crippen molar-refractivity contribution in [1.82, 2.24) is 10.2 Å². The van der Waals surface area contributed by atoms with Crippen LogP contribution in [0.3, 0.4) is 0 Å². The number of nitrogens with one attached hydrogen (secondary N) is 1. The van der Waals surface area contributed by atoms with Gasteiger partial charge in [0.2, 0.25) is 5.13 Å². The Morgan fingerprint density at radius 1 is 1.17 bits per heavy atom. The van der Waals surface area contributed by atoms with Crippen LogP contribution in [0.4, 0.5) is 5.13 Å². The fraction of sp³-hybridized carbons (Fsp3) is 0.273. The average Bonchev–Trinajstić information content (AvgIpc) is 3.21. The number of rotatable bonds is 11. The first kappa shape index (κ1) is 21.5. The molecule has 0 saturated carbocycles. The summed E-state index contributed by atoms with van der Waals surface area (Å²) >= 11 is 2.94. The van der Waals surface area contributed by atoms with Crippen molar-refractivity contribution in [3.05, 3.63) is 83.9 Å². The highest BCUT2D eigenvalue weighted by Crippen LogP contribution is 2.29. The summed E-state index contributed by atoms with van der Waals surface area (Å²) in [6.45, 7) is 6.63. The first-order valence-corrected chi connectivity index (χ1v) is 11.2. The maximum Gasteiger partial charge on any atom is 0.206 e. The van der Waals surface area contributed by atoms with Crippen LogP contribution in [0.25, 0.3) is 0 Å². The van der Waals surface area contributed by atoms with Gasteiger partial charge in [-0.25, -0.2) is 0 Å². The van der Waals surface area contributed by atoms with Crippen molar-refractivity contribution in [2.24, 2.45) is 0 Å². The molecule has 0 bridgehead atoms. The molecular weight excluding hydrogens is 402 g/mol. The topological polar surface area (TPSA) is 67.3 Å². The number of aryl methyl sites for hydroxylation is 1. The van der Waals surface area contributed by atoms with Gasteiger partial charge in [0.25, 0.3) is 0 Å². The molecule has 0 spiro atoms. The van der Waals surface area contributed by atoms with Crippen molar-refractivity contribution >= 4 is 28.2 Å². The van der Waals surface area contributed by atoms with E-state index in [9.17, 15) is 5.11 Å². The standard InChI is InChI=1S/C22H25N3O2S2/c1-3-13-23-21-24-25-22(29-21)28-15-18(26)14-27-20(17-10-5-4-6-11-17)19-12-8-7-9-16(19)2/h3-12,18,20,26H,1,13-15H2,2H3,(H,23,24)/t18-,20+/m1/s1. The molecule has 3 aromatic rings. The number of aromatic nitrogens is 2. The molecule has 0 aliphatic heterocycles. The molecule has 0 saturated heterocycles. The van der Waals surface area contributed by atoms with Crippen LogP contribution < -0.4 is 5.32 Å². The third kappa shape index (κ3) is 6.40. The molecule has 0 radical (unpaired) electrons. The second-order valence-corrected chi connectivity index (χ2v) is 8.73. The van der Waals surface area contributed by atoms with Gasteiger partial charge in [-0.15, -0.1) is 16.8 Å². The summed E-state index contributed by atoms with van der Waals surface area (Å²) in [5, 5.41) is 22.5. The van der Waals surface area contributed by atoms with Gasteiger partial charge in [0.1, 0.15) is 6.10 Å². The number of ether oxygens (including phenoxy) is 1. The van der Waals surface area contributed by atoms with Gasteiger partial charge in [-0.3, -0.25) is 0 Å². The highest BCUT2D eigenvalue weighted by molar-refractivity contribution is 8.01. The third-order valence-electron chi connectivity index (χ3n) is 4.23. The van der Waals surface area contributed by atoms with Gasteiger partial charge in [0.15, 0.2) is 4.34 Å². The summed E-state index contributed by atoms with van der Waals surface area (Å²) in [5.74, 6) is 0.491. The second-order valence-electron chi connectivity index (χ2n) is 6.49. The largest absolute Gasteiger partial charge is 0.390 e. The smallest absolute Gasteiger partial charge is 0.206 e. The highest BCUT2D eigenvalue weighted by atomic mass is 32.2. The molecule has 2 aromatic carbocycles. The van der Waals surface area contributed by atoms with Gasteiger partial charge in [-0.05, 0) is 23.6 Å². The van der Waals surface area contributed by atoms with Crippen molar-refractivity contribution in [1.29, 1.82) is 0 Å². The van der Waals surface area contributed by atoms with Crippen LogP contribution in [0, 0.1) is 6.92 Å². The lowest BCUT2D eigenvalue weighted by Crippen LogP contribution is -2.21. The molecular formula is C22H25N3O2S2. The molecule has 7 heteroatoms. The molecule has 2 atom stereocenters. The van der Waals surface area contributed by atoms with Gasteiger partial charge < -0.3 is 15.2 Å². The van der Waals surface area contributed by atoms with E-state index in [-0.39, 0.29) is 12.7 Å². The van der Waals surface area contributed by atoms with E-state index in [1.54, 1.807) is 6.08 Å². The van der Waals surface area contributed by atoms with Crippen molar-refractivity contribution < 1.29 is 9.84 Å². The van der Waals surface area contributed by atoms with E-state index in [0.717, 1.165) is 20.6 Å². The number of benzene rings is 2. The quantitative estimate of drug-likeness (QED) is 0.341. The minimum absolute atomic E-state index is 0.215. The van der Waals surface area contributed by atoms with Crippen LogP contribution in [0.2, 0.25) is 0 Å². The highest BCUT2D eigenvalue weighted by Gasteiger charge is 2.19. The lowest BCUT2D eigenvalue weighted by molar-refractivity contribution is 0.0153. The van der Waals surface area contributed by atoms with Crippen LogP contribution in [0.15, 0.2) is 71.6 Å². The molecule has 0 amide bonds. The molecule has 3 rings (SSSR count). The maximum absolute atomic E-state index is 10.5. The first-order valence-electron chi connectivity index (χ1n) is 9.38. The number of anilines is 1. The molecule has 1 heterocycles. The zero-order valence-corrected chi connectivity index (χ0v) is 18.0. The first-order chi connectivity index (χ1) is 14.2. The fourth-order valence-corrected chi connectivity index (χ4v) is 4.49. The van der Waals surface area contributed by atoms with E-state index in [2.05, 4.69) is 53.3 Å². The van der Waals surface area contributed by atoms with Gasteiger partial charge in [-0.1, -0.05) is 83.8 Å². The molecule has 152 valence electrons. The predicted molar refractivity (Wildman–Crippen MR) is 121 cm³/mol. The molecule has 2 N–H and O–H groups in total. The zero-order valence-electron chi connectivity index (χ0n) is 16.3. The maximum atomic E-state index is 10.5. The Labute approximate surface area is 179 Å². The number of nitrogens with zero attached hydrogens (tertiary/aromatic N) is 2. The number of aliphatic hydroxyl groups is 1. The summed E-state index contributed by atoms with van der Waals surface area (Å²) in [5.41, 5.74) is 3.35. The summed E-state index contributed by atoms with van der Waals surface area (Å²) in [6.07, 6.45) is 0.949. The van der Waals surface area contributed by atoms with Gasteiger partial charge >= 0.3 is 0 Å². The lowest BCUT2D eigenvalue weighted by atomic mass is 9.97. The van der Waals surface area contributed by atoms with Crippen molar-refractivity contribution in [2.75, 3.05) is 24.2 Å². The van der Waals surface area contributed by atoms with Crippen molar-refractivity contribution in [2.45, 2.75) is 23.5 Å². The monoisotopic (exact) mass is 427 g/mol. The van der Waals surface area contributed by atoms with E-state index in [1.807, 2.05) is 30.3 Å². The molecule has 0 fully saturated rings. The van der Waals surface area contributed by atoms with Crippen molar-refractivity contribution in [3.8, 4) is 0 Å². The van der Waals surface area contributed by atoms with E-state index in [0.29, 0.717) is 12.3 Å². The number of hydrogen-bond acceptors (Lipinski definition) is 7. The van der Waals surface area contributed by atoms with Crippen LogP contribution >= 0.6 is 23.1 Å². The summed E-state index contributed by atoms with van der Waals surface area (Å²) < 4.78 is 7.00. The summed E-state index contributed by atoms with van der Waals surface area (Å²) in [4.78, 5) is 0. The Kier molecular flexibility index (Phi) is 8.25. The molecule has 5 nitrogen and oxygen atoms in total. The Hall–Kier alpha value is -2.19. The summed E-state index contributed by atoms with van der Waals surface area (Å²) in [7, 11) is 0. The normalized spacial score (nSPS) is 13.0. The van der Waals surface area contributed by atoms with Crippen LogP contribution in [-0.2, 0) is 4.74 Å². The Morgan fingerprint density at radius 3 is 2.69 bits per heavy atom. The van der Waals surface area contributed by atoms with E-state index >= 15 is 0 Å². The van der Waals surface area contributed by atoms with Crippen molar-refractivity contribution in [3.63, 3.8) is 0 Å². The van der Waals surface area contributed by atoms with Gasteiger partial charge in [0, 0.05) is 12.3 Å². The SMILES string of the molecule is C=CCNc1nnc(SC[C@H](O)CO[C@@H](c2ccccc2)c2ccccc2C)s1. The molecule has 1 aromatic heterocycles. The van der Waals surface area contributed by atoms with E-state index in [4.69, 9.17) is 4.74 Å². The average molecular weight is 428 g/mol. The van der Waals surface area contributed by atoms with Gasteiger partial charge in [0.05, 0.1) is 12.7 Å². The second kappa shape index (κ2) is 11.1. The minimum Gasteiger partial charge on any atom is -0.390 e. The lowest BCUT2D eigenvalue weighted by Gasteiger charge is -2.22. The predicted octanol–water partition coefficient (Wildman–Crippen LogP) is 4.70. The Bertz CT molecular complexity index is 902. The minimum atomic E-state index is -0.608.